The first-order chi connectivity index (χ1) is 9.95. The molecule has 0 saturated carbocycles. The van der Waals surface area contributed by atoms with Crippen molar-refractivity contribution < 1.29 is 19.6 Å². The van der Waals surface area contributed by atoms with Crippen LogP contribution in [0.25, 0.3) is 0 Å². The van der Waals surface area contributed by atoms with E-state index in [-0.39, 0.29) is 23.8 Å². The van der Waals surface area contributed by atoms with Crippen LogP contribution in [0.15, 0.2) is 36.4 Å². The number of carbonyl (C=O) groups is 1. The van der Waals surface area contributed by atoms with Gasteiger partial charge in [0.05, 0.1) is 11.3 Å². The van der Waals surface area contributed by atoms with Gasteiger partial charge < -0.3 is 15.6 Å². The van der Waals surface area contributed by atoms with Gasteiger partial charge in [0.2, 0.25) is 11.7 Å². The van der Waals surface area contributed by atoms with Gasteiger partial charge in [-0.25, -0.2) is 0 Å². The van der Waals surface area contributed by atoms with Crippen LogP contribution >= 0.6 is 0 Å². The van der Waals surface area contributed by atoms with Crippen molar-refractivity contribution in [3.05, 3.63) is 52.1 Å². The Labute approximate surface area is 119 Å². The third kappa shape index (κ3) is 3.66. The summed E-state index contributed by atoms with van der Waals surface area (Å²) in [7, 11) is 0. The van der Waals surface area contributed by atoms with E-state index < -0.39 is 10.9 Å². The van der Waals surface area contributed by atoms with Gasteiger partial charge >= 0.3 is 11.7 Å². The highest BCUT2D eigenvalue weighted by atomic mass is 16.6. The number of nitro groups is 1. The summed E-state index contributed by atoms with van der Waals surface area (Å²) in [5.41, 5.74) is 5.79. The van der Waals surface area contributed by atoms with Gasteiger partial charge in [-0.15, -0.1) is 0 Å². The van der Waals surface area contributed by atoms with Gasteiger partial charge in [-0.05, 0) is 17.7 Å². The first kappa shape index (κ1) is 14.3. The number of anilines is 1. The molecule has 0 radical (unpaired) electrons. The second-order valence-corrected chi connectivity index (χ2v) is 4.13. The Bertz CT molecular complexity index is 685. The van der Waals surface area contributed by atoms with Crippen LogP contribution in [0.2, 0.25) is 0 Å². The van der Waals surface area contributed by atoms with E-state index in [9.17, 15) is 14.9 Å². The summed E-state index contributed by atoms with van der Waals surface area (Å²) in [6, 6.07) is 8.92. The van der Waals surface area contributed by atoms with Crippen molar-refractivity contribution in [1.29, 1.82) is 0 Å². The number of ether oxygens (including phenoxy) is 1. The molecule has 3 N–H and O–H groups in total. The van der Waals surface area contributed by atoms with Gasteiger partial charge in [0, 0.05) is 12.1 Å². The summed E-state index contributed by atoms with van der Waals surface area (Å²) < 4.78 is 5.39. The fraction of sp³-hybridized carbons (Fsp3) is 0.0769. The van der Waals surface area contributed by atoms with Crippen molar-refractivity contribution in [2.24, 2.45) is 0 Å². The van der Waals surface area contributed by atoms with Crippen LogP contribution in [-0.2, 0) is 11.2 Å². The zero-order valence-electron chi connectivity index (χ0n) is 10.7. The number of carboxylic acids is 1. The maximum Gasteiger partial charge on any atom is 0.311 e. The molecule has 0 spiro atoms. The van der Waals surface area contributed by atoms with Crippen LogP contribution in [0.3, 0.4) is 0 Å². The van der Waals surface area contributed by atoms with Crippen LogP contribution in [0.5, 0.6) is 11.6 Å². The van der Waals surface area contributed by atoms with E-state index in [0.29, 0.717) is 11.3 Å². The molecule has 2 aromatic rings. The van der Waals surface area contributed by atoms with Crippen molar-refractivity contribution in [2.45, 2.75) is 6.42 Å². The maximum absolute atomic E-state index is 10.6. The lowest BCUT2D eigenvalue weighted by molar-refractivity contribution is -0.384. The molecule has 0 aliphatic heterocycles. The van der Waals surface area contributed by atoms with E-state index in [0.717, 1.165) is 0 Å². The maximum atomic E-state index is 10.6. The Hall–Kier alpha value is -3.16. The number of carboxylic acid groups (broad SMARTS) is 1. The molecule has 108 valence electrons. The Morgan fingerprint density at radius 3 is 2.48 bits per heavy atom. The van der Waals surface area contributed by atoms with Crippen LogP contribution in [0.1, 0.15) is 5.56 Å². The van der Waals surface area contributed by atoms with Gasteiger partial charge in [-0.3, -0.25) is 14.9 Å². The molecule has 0 unspecified atom stereocenters. The summed E-state index contributed by atoms with van der Waals surface area (Å²) >= 11 is 0. The van der Waals surface area contributed by atoms with Gasteiger partial charge in [0.1, 0.15) is 5.75 Å². The Morgan fingerprint density at radius 2 is 1.95 bits per heavy atom. The zero-order chi connectivity index (χ0) is 15.4. The number of aromatic nitrogens is 1. The van der Waals surface area contributed by atoms with Crippen LogP contribution in [-0.4, -0.2) is 21.0 Å². The molecule has 0 bridgehead atoms. The molecular formula is C13H11N3O5. The average molecular weight is 289 g/mol. The topological polar surface area (TPSA) is 129 Å². The van der Waals surface area contributed by atoms with Crippen LogP contribution < -0.4 is 10.5 Å². The molecule has 0 fully saturated rings. The molecule has 21 heavy (non-hydrogen) atoms. The van der Waals surface area contributed by atoms with E-state index in [1.807, 2.05) is 0 Å². The number of aliphatic carboxylic acids is 1. The lowest BCUT2D eigenvalue weighted by atomic mass is 10.1. The summed E-state index contributed by atoms with van der Waals surface area (Å²) in [6.45, 7) is 0. The third-order valence-corrected chi connectivity index (χ3v) is 2.57. The van der Waals surface area contributed by atoms with Crippen LogP contribution in [0, 0.1) is 10.1 Å². The molecule has 1 aromatic heterocycles. The van der Waals surface area contributed by atoms with E-state index in [1.165, 1.54) is 12.1 Å². The number of pyridine rings is 1. The highest BCUT2D eigenvalue weighted by Crippen LogP contribution is 2.25. The molecule has 8 nitrogen and oxygen atoms in total. The highest BCUT2D eigenvalue weighted by Gasteiger charge is 2.13. The number of benzene rings is 1. The Kier molecular flexibility index (Phi) is 3.98. The normalized spacial score (nSPS) is 10.1. The minimum Gasteiger partial charge on any atom is -0.481 e. The van der Waals surface area contributed by atoms with Gasteiger partial charge in [-0.1, -0.05) is 12.1 Å². The average Bonchev–Trinajstić information content (AvgIpc) is 2.40. The molecule has 0 amide bonds. The van der Waals surface area contributed by atoms with E-state index in [4.69, 9.17) is 15.6 Å². The Balaban J connectivity index is 2.13. The number of hydrogen-bond acceptors (Lipinski definition) is 6. The molecule has 0 aliphatic rings. The lowest BCUT2D eigenvalue weighted by Gasteiger charge is -2.06. The minimum absolute atomic E-state index is 0.0803. The number of rotatable bonds is 5. The molecular weight excluding hydrogens is 278 g/mol. The predicted molar refractivity (Wildman–Crippen MR) is 73.2 cm³/mol. The number of nitrogen functional groups attached to an aromatic ring is 1. The summed E-state index contributed by atoms with van der Waals surface area (Å²) in [6.07, 6.45) is -0.0803. The molecule has 0 atom stereocenters. The minimum atomic E-state index is -0.923. The zero-order valence-corrected chi connectivity index (χ0v) is 10.7. The highest BCUT2D eigenvalue weighted by molar-refractivity contribution is 5.70. The van der Waals surface area contributed by atoms with Crippen molar-refractivity contribution in [3.63, 3.8) is 0 Å². The first-order valence-electron chi connectivity index (χ1n) is 5.85. The molecule has 1 heterocycles. The van der Waals surface area contributed by atoms with Crippen molar-refractivity contribution in [1.82, 2.24) is 4.98 Å². The number of hydrogen-bond donors (Lipinski definition) is 2. The molecule has 1 aromatic carbocycles. The fourth-order valence-electron chi connectivity index (χ4n) is 1.63. The molecule has 0 aliphatic carbocycles. The van der Waals surface area contributed by atoms with Crippen molar-refractivity contribution in [3.8, 4) is 11.6 Å². The fourth-order valence-corrected chi connectivity index (χ4v) is 1.63. The van der Waals surface area contributed by atoms with Crippen molar-refractivity contribution in [2.75, 3.05) is 5.73 Å². The van der Waals surface area contributed by atoms with E-state index in [2.05, 4.69) is 4.98 Å². The smallest absolute Gasteiger partial charge is 0.311 e. The monoisotopic (exact) mass is 289 g/mol. The summed E-state index contributed by atoms with van der Waals surface area (Å²) in [5.74, 6) is -0.623. The number of nitrogens with zero attached hydrogens (tertiary/aromatic N) is 2. The first-order valence-corrected chi connectivity index (χ1v) is 5.85. The summed E-state index contributed by atoms with van der Waals surface area (Å²) in [4.78, 5) is 24.3. The van der Waals surface area contributed by atoms with E-state index >= 15 is 0 Å². The van der Waals surface area contributed by atoms with Gasteiger partial charge in [0.15, 0.2) is 0 Å². The summed E-state index contributed by atoms with van der Waals surface area (Å²) in [5, 5.41) is 19.3. The molecule has 8 heteroatoms. The lowest BCUT2D eigenvalue weighted by Crippen LogP contribution is -2.00. The van der Waals surface area contributed by atoms with Gasteiger partial charge in [0.25, 0.3) is 0 Å². The van der Waals surface area contributed by atoms with Crippen LogP contribution in [0.4, 0.5) is 11.5 Å². The van der Waals surface area contributed by atoms with Gasteiger partial charge in [-0.2, -0.15) is 4.98 Å². The second-order valence-electron chi connectivity index (χ2n) is 4.13. The number of nitrogens with two attached hydrogens (primary N) is 1. The quantitative estimate of drug-likeness (QED) is 0.636. The molecule has 0 saturated heterocycles. The predicted octanol–water partition coefficient (Wildman–Crippen LogP) is 1.99. The standard InChI is InChI=1S/C13H11N3O5/c14-13-10(16(19)20)5-6-11(15-13)21-9-3-1-8(2-4-9)7-12(17)18/h1-6H,7H2,(H2,14,15)(H,17,18). The van der Waals surface area contributed by atoms with E-state index in [1.54, 1.807) is 24.3 Å². The Morgan fingerprint density at radius 1 is 1.29 bits per heavy atom. The van der Waals surface area contributed by atoms with Crippen molar-refractivity contribution >= 4 is 17.5 Å². The SMILES string of the molecule is Nc1nc(Oc2ccc(CC(=O)O)cc2)ccc1[N+](=O)[O-]. The largest absolute Gasteiger partial charge is 0.481 e. The molecule has 2 rings (SSSR count). The second kappa shape index (κ2) is 5.87. The third-order valence-electron chi connectivity index (χ3n) is 2.57.